The number of allylic oxidation sites excluding steroid dienone is 1. The molecule has 0 N–H and O–H groups in total. The van der Waals surface area contributed by atoms with Crippen LogP contribution in [0.4, 0.5) is 0 Å². The Morgan fingerprint density at radius 3 is 3.08 bits per heavy atom. The number of rotatable bonds is 2. The van der Waals surface area contributed by atoms with E-state index in [1.54, 1.807) is 0 Å². The maximum absolute atomic E-state index is 2.29. The summed E-state index contributed by atoms with van der Waals surface area (Å²) < 4.78 is 0. The minimum atomic E-state index is 0.733. The summed E-state index contributed by atoms with van der Waals surface area (Å²) in [5.41, 5.74) is 2.94. The summed E-state index contributed by atoms with van der Waals surface area (Å²) in [4.78, 5) is 0. The average molecular weight is 190 g/mol. The van der Waals surface area contributed by atoms with E-state index >= 15 is 0 Å². The van der Waals surface area contributed by atoms with Crippen molar-refractivity contribution in [2.45, 2.75) is 12.3 Å². The van der Waals surface area contributed by atoms with E-state index in [2.05, 4.69) is 42.7 Å². The molecule has 0 nitrogen and oxygen atoms in total. The Balaban J connectivity index is 2.32. The van der Waals surface area contributed by atoms with E-state index in [0.717, 1.165) is 5.92 Å². The molecule has 1 heteroatoms. The van der Waals surface area contributed by atoms with Crippen molar-refractivity contribution >= 4 is 17.8 Å². The smallest absolute Gasteiger partial charge is 0.000190 e. The minimum Gasteiger partial charge on any atom is -0.165 e. The molecule has 0 amide bonds. The van der Waals surface area contributed by atoms with Crippen LogP contribution in [-0.2, 0) is 0 Å². The first-order valence-electron chi connectivity index (χ1n) is 4.66. The summed E-state index contributed by atoms with van der Waals surface area (Å²) in [5, 5.41) is 0. The Labute approximate surface area is 84.0 Å². The van der Waals surface area contributed by atoms with Crippen LogP contribution in [0.2, 0.25) is 0 Å². The van der Waals surface area contributed by atoms with Gasteiger partial charge in [-0.2, -0.15) is 11.8 Å². The molecule has 13 heavy (non-hydrogen) atoms. The molecule has 0 heterocycles. The van der Waals surface area contributed by atoms with E-state index in [0.29, 0.717) is 0 Å². The van der Waals surface area contributed by atoms with Crippen molar-refractivity contribution < 1.29 is 0 Å². The first kappa shape index (κ1) is 8.89. The number of hydrogen-bond donors (Lipinski definition) is 0. The first-order chi connectivity index (χ1) is 6.42. The van der Waals surface area contributed by atoms with E-state index < -0.39 is 0 Å². The summed E-state index contributed by atoms with van der Waals surface area (Å²) >= 11 is 1.94. The van der Waals surface area contributed by atoms with Crippen LogP contribution in [0.1, 0.15) is 23.5 Å². The van der Waals surface area contributed by atoms with Gasteiger partial charge in [0.2, 0.25) is 0 Å². The lowest BCUT2D eigenvalue weighted by atomic mass is 9.88. The van der Waals surface area contributed by atoms with E-state index in [1.165, 1.54) is 23.3 Å². The van der Waals surface area contributed by atoms with E-state index in [9.17, 15) is 0 Å². The molecule has 0 bridgehead atoms. The van der Waals surface area contributed by atoms with Crippen molar-refractivity contribution in [3.05, 3.63) is 41.5 Å². The highest BCUT2D eigenvalue weighted by Gasteiger charge is 2.14. The van der Waals surface area contributed by atoms with E-state index in [1.807, 2.05) is 11.8 Å². The summed E-state index contributed by atoms with van der Waals surface area (Å²) in [6.07, 6.45) is 7.92. The predicted molar refractivity (Wildman–Crippen MR) is 61.2 cm³/mol. The fourth-order valence-corrected chi connectivity index (χ4v) is 2.60. The molecule has 68 valence electrons. The van der Waals surface area contributed by atoms with Gasteiger partial charge < -0.3 is 0 Å². The van der Waals surface area contributed by atoms with Gasteiger partial charge in [-0.25, -0.2) is 0 Å². The van der Waals surface area contributed by atoms with Gasteiger partial charge in [0.15, 0.2) is 0 Å². The normalized spacial score (nSPS) is 19.9. The molecule has 0 fully saturated rings. The topological polar surface area (TPSA) is 0 Å². The van der Waals surface area contributed by atoms with Gasteiger partial charge in [0.25, 0.3) is 0 Å². The van der Waals surface area contributed by atoms with Crippen molar-refractivity contribution in [2.24, 2.45) is 0 Å². The fraction of sp³-hybridized carbons (Fsp3) is 0.333. The lowest BCUT2D eigenvalue weighted by Crippen LogP contribution is -2.05. The third-order valence-corrected chi connectivity index (χ3v) is 3.26. The van der Waals surface area contributed by atoms with Crippen LogP contribution in [0.3, 0.4) is 0 Å². The van der Waals surface area contributed by atoms with Gasteiger partial charge in [0.1, 0.15) is 0 Å². The zero-order valence-electron chi connectivity index (χ0n) is 7.86. The van der Waals surface area contributed by atoms with Crippen molar-refractivity contribution in [1.82, 2.24) is 0 Å². The Hall–Kier alpha value is -0.690. The van der Waals surface area contributed by atoms with Crippen LogP contribution in [0.5, 0.6) is 0 Å². The maximum Gasteiger partial charge on any atom is 0.000190 e. The van der Waals surface area contributed by atoms with Crippen molar-refractivity contribution in [2.75, 3.05) is 12.0 Å². The largest absolute Gasteiger partial charge is 0.165 e. The molecule has 1 aromatic carbocycles. The van der Waals surface area contributed by atoms with Gasteiger partial charge in [-0.3, -0.25) is 0 Å². The van der Waals surface area contributed by atoms with Crippen LogP contribution in [0.25, 0.3) is 6.08 Å². The molecule has 1 aromatic rings. The summed E-state index contributed by atoms with van der Waals surface area (Å²) in [7, 11) is 0. The van der Waals surface area contributed by atoms with E-state index in [4.69, 9.17) is 0 Å². The molecule has 1 aliphatic carbocycles. The van der Waals surface area contributed by atoms with Gasteiger partial charge in [0, 0.05) is 5.75 Å². The quantitative estimate of drug-likeness (QED) is 0.687. The van der Waals surface area contributed by atoms with Crippen LogP contribution in [-0.4, -0.2) is 12.0 Å². The second-order valence-corrected chi connectivity index (χ2v) is 4.33. The van der Waals surface area contributed by atoms with Crippen LogP contribution < -0.4 is 0 Å². The number of hydrogen-bond acceptors (Lipinski definition) is 1. The highest BCUT2D eigenvalue weighted by Crippen LogP contribution is 2.31. The number of fused-ring (bicyclic) bond motifs is 1. The third-order valence-electron chi connectivity index (χ3n) is 2.52. The van der Waals surface area contributed by atoms with Gasteiger partial charge in [0.05, 0.1) is 0 Å². The highest BCUT2D eigenvalue weighted by molar-refractivity contribution is 7.98. The molecule has 0 saturated heterocycles. The van der Waals surface area contributed by atoms with Crippen LogP contribution in [0.15, 0.2) is 30.3 Å². The summed E-state index contributed by atoms with van der Waals surface area (Å²) in [5.74, 6) is 1.97. The summed E-state index contributed by atoms with van der Waals surface area (Å²) in [6, 6.07) is 8.73. The Morgan fingerprint density at radius 1 is 1.38 bits per heavy atom. The lowest BCUT2D eigenvalue weighted by Gasteiger charge is -2.20. The van der Waals surface area contributed by atoms with Crippen LogP contribution in [0, 0.1) is 0 Å². The van der Waals surface area contributed by atoms with Crippen molar-refractivity contribution in [3.63, 3.8) is 0 Å². The molecule has 0 spiro atoms. The molecule has 1 aliphatic rings. The zero-order valence-corrected chi connectivity index (χ0v) is 8.68. The number of thioether (sulfide) groups is 1. The second-order valence-electron chi connectivity index (χ2n) is 3.42. The standard InChI is InChI=1S/C12H14S/c1-13-9-11-7-4-6-10-5-2-3-8-12(10)11/h2-6,8,11H,7,9H2,1H3. The fourth-order valence-electron chi connectivity index (χ4n) is 1.88. The van der Waals surface area contributed by atoms with Crippen LogP contribution >= 0.6 is 11.8 Å². The Kier molecular flexibility index (Phi) is 2.74. The SMILES string of the molecule is CSCC1CC=Cc2ccccc21. The molecule has 0 aromatic heterocycles. The Morgan fingerprint density at radius 2 is 2.23 bits per heavy atom. The monoisotopic (exact) mass is 190 g/mol. The van der Waals surface area contributed by atoms with Gasteiger partial charge >= 0.3 is 0 Å². The predicted octanol–water partition coefficient (Wildman–Crippen LogP) is 3.55. The average Bonchev–Trinajstić information content (AvgIpc) is 2.19. The molecule has 1 atom stereocenters. The highest BCUT2D eigenvalue weighted by atomic mass is 32.2. The zero-order chi connectivity index (χ0) is 9.10. The molecule has 1 unspecified atom stereocenters. The lowest BCUT2D eigenvalue weighted by molar-refractivity contribution is 0.784. The van der Waals surface area contributed by atoms with Gasteiger partial charge in [-0.05, 0) is 29.7 Å². The number of benzene rings is 1. The van der Waals surface area contributed by atoms with Crippen molar-refractivity contribution in [1.29, 1.82) is 0 Å². The molecule has 2 rings (SSSR count). The molecule has 0 aliphatic heterocycles. The second kappa shape index (κ2) is 4.01. The third kappa shape index (κ3) is 1.80. The van der Waals surface area contributed by atoms with Gasteiger partial charge in [-0.15, -0.1) is 0 Å². The molecular weight excluding hydrogens is 176 g/mol. The molecular formula is C12H14S. The first-order valence-corrected chi connectivity index (χ1v) is 6.05. The Bertz CT molecular complexity index is 315. The van der Waals surface area contributed by atoms with Gasteiger partial charge in [-0.1, -0.05) is 36.4 Å². The summed E-state index contributed by atoms with van der Waals surface area (Å²) in [6.45, 7) is 0. The molecule has 0 radical (unpaired) electrons. The van der Waals surface area contributed by atoms with E-state index in [-0.39, 0.29) is 0 Å². The minimum absolute atomic E-state index is 0.733. The maximum atomic E-state index is 2.29. The molecule has 0 saturated carbocycles. The van der Waals surface area contributed by atoms with Crippen molar-refractivity contribution in [3.8, 4) is 0 Å².